The van der Waals surface area contributed by atoms with Gasteiger partial charge in [-0.15, -0.1) is 0 Å². The van der Waals surface area contributed by atoms with Crippen molar-refractivity contribution in [2.45, 2.75) is 83.3 Å². The quantitative estimate of drug-likeness (QED) is 0.802. The monoisotopic (exact) mass is 280 g/mol. The average molecular weight is 280 g/mol. The fourth-order valence-electron chi connectivity index (χ4n) is 5.57. The van der Waals surface area contributed by atoms with Crippen LogP contribution in [-0.4, -0.2) is 22.3 Å². The lowest BCUT2D eigenvalue weighted by molar-refractivity contribution is -0.232. The number of carbonyl (C=O) groups is 1. The first kappa shape index (κ1) is 14.4. The highest BCUT2D eigenvalue weighted by Gasteiger charge is 2.63. The van der Waals surface area contributed by atoms with E-state index in [-0.39, 0.29) is 11.4 Å². The Kier molecular flexibility index (Phi) is 3.20. The molecule has 0 heterocycles. The van der Waals surface area contributed by atoms with Gasteiger partial charge in [-0.25, -0.2) is 0 Å². The lowest BCUT2D eigenvalue weighted by Crippen LogP contribution is -2.63. The molecule has 4 aliphatic carbocycles. The Labute approximate surface area is 122 Å². The van der Waals surface area contributed by atoms with E-state index in [0.29, 0.717) is 18.3 Å². The maximum atomic E-state index is 11.9. The molecule has 20 heavy (non-hydrogen) atoms. The van der Waals surface area contributed by atoms with E-state index in [2.05, 4.69) is 13.8 Å². The first-order valence-electron chi connectivity index (χ1n) is 8.22. The van der Waals surface area contributed by atoms with Crippen molar-refractivity contribution in [3.8, 4) is 0 Å². The fourth-order valence-corrected chi connectivity index (χ4v) is 5.57. The van der Waals surface area contributed by atoms with Crippen molar-refractivity contribution in [1.29, 1.82) is 0 Å². The number of aliphatic hydroxyl groups is 1. The van der Waals surface area contributed by atoms with E-state index in [1.54, 1.807) is 0 Å². The van der Waals surface area contributed by atoms with Crippen molar-refractivity contribution >= 4 is 5.97 Å². The van der Waals surface area contributed by atoms with Gasteiger partial charge in [-0.2, -0.15) is 0 Å². The number of esters is 1. The molecule has 4 bridgehead atoms. The standard InChI is InChI=1S/C17H28O3/c1-4-5-14(18)20-15(2,3)16-7-12-6-13(8-16)10-17(19,9-12)11-16/h12-13,19H,4-11H2,1-3H3. The second-order valence-electron chi connectivity index (χ2n) is 8.20. The predicted octanol–water partition coefficient (Wildman–Crippen LogP) is 3.44. The summed E-state index contributed by atoms with van der Waals surface area (Å²) in [5, 5.41) is 10.8. The average Bonchev–Trinajstić information content (AvgIpc) is 2.24. The van der Waals surface area contributed by atoms with E-state index in [9.17, 15) is 9.90 Å². The smallest absolute Gasteiger partial charge is 0.306 e. The normalized spacial score (nSPS) is 42.8. The summed E-state index contributed by atoms with van der Waals surface area (Å²) in [7, 11) is 0. The minimum Gasteiger partial charge on any atom is -0.459 e. The molecule has 0 aromatic heterocycles. The van der Waals surface area contributed by atoms with Crippen molar-refractivity contribution in [1.82, 2.24) is 0 Å². The number of rotatable bonds is 4. The fraction of sp³-hybridized carbons (Fsp3) is 0.941. The first-order valence-corrected chi connectivity index (χ1v) is 8.22. The van der Waals surface area contributed by atoms with Gasteiger partial charge in [0.1, 0.15) is 5.60 Å². The van der Waals surface area contributed by atoms with E-state index < -0.39 is 11.2 Å². The van der Waals surface area contributed by atoms with Crippen LogP contribution in [0.2, 0.25) is 0 Å². The molecular weight excluding hydrogens is 252 g/mol. The number of hydrogen-bond acceptors (Lipinski definition) is 3. The van der Waals surface area contributed by atoms with Gasteiger partial charge in [0.15, 0.2) is 0 Å². The molecule has 0 aromatic carbocycles. The van der Waals surface area contributed by atoms with E-state index in [4.69, 9.17) is 4.74 Å². The summed E-state index contributed by atoms with van der Waals surface area (Å²) >= 11 is 0. The Morgan fingerprint density at radius 3 is 2.35 bits per heavy atom. The van der Waals surface area contributed by atoms with Crippen LogP contribution in [0.5, 0.6) is 0 Å². The molecule has 1 N–H and O–H groups in total. The van der Waals surface area contributed by atoms with Gasteiger partial charge in [-0.05, 0) is 70.6 Å². The van der Waals surface area contributed by atoms with Gasteiger partial charge >= 0.3 is 5.97 Å². The highest BCUT2D eigenvalue weighted by molar-refractivity contribution is 5.69. The Morgan fingerprint density at radius 1 is 1.25 bits per heavy atom. The van der Waals surface area contributed by atoms with Gasteiger partial charge in [0.2, 0.25) is 0 Å². The highest BCUT2D eigenvalue weighted by atomic mass is 16.6. The molecule has 3 nitrogen and oxygen atoms in total. The Morgan fingerprint density at radius 2 is 1.85 bits per heavy atom. The van der Waals surface area contributed by atoms with Gasteiger partial charge in [0, 0.05) is 11.8 Å². The van der Waals surface area contributed by atoms with E-state index in [1.165, 1.54) is 6.42 Å². The highest BCUT2D eigenvalue weighted by Crippen LogP contribution is 2.65. The molecule has 4 fully saturated rings. The largest absolute Gasteiger partial charge is 0.459 e. The van der Waals surface area contributed by atoms with Gasteiger partial charge in [0.05, 0.1) is 5.60 Å². The van der Waals surface area contributed by atoms with Crippen LogP contribution in [0.15, 0.2) is 0 Å². The van der Waals surface area contributed by atoms with Crippen LogP contribution in [-0.2, 0) is 9.53 Å². The van der Waals surface area contributed by atoms with Crippen LogP contribution in [0.4, 0.5) is 0 Å². The van der Waals surface area contributed by atoms with Crippen LogP contribution in [0, 0.1) is 17.3 Å². The maximum absolute atomic E-state index is 11.9. The Balaban J connectivity index is 1.83. The summed E-state index contributed by atoms with van der Waals surface area (Å²) in [6.07, 6.45) is 7.58. The summed E-state index contributed by atoms with van der Waals surface area (Å²) < 4.78 is 5.86. The molecule has 0 saturated heterocycles. The van der Waals surface area contributed by atoms with Gasteiger partial charge in [0.25, 0.3) is 0 Å². The summed E-state index contributed by atoms with van der Waals surface area (Å²) in [6, 6.07) is 0. The summed E-state index contributed by atoms with van der Waals surface area (Å²) in [4.78, 5) is 11.9. The van der Waals surface area contributed by atoms with Crippen molar-refractivity contribution in [2.75, 3.05) is 0 Å². The number of carbonyl (C=O) groups excluding carboxylic acids is 1. The van der Waals surface area contributed by atoms with Gasteiger partial charge in [-0.1, -0.05) is 6.92 Å². The SMILES string of the molecule is CCCC(=O)OC(C)(C)C12CC3CC(CC(O)(C3)C1)C2. The second kappa shape index (κ2) is 4.46. The molecule has 0 spiro atoms. The third kappa shape index (κ3) is 2.18. The van der Waals surface area contributed by atoms with Crippen molar-refractivity contribution < 1.29 is 14.6 Å². The molecule has 3 heteroatoms. The molecule has 0 aliphatic heterocycles. The molecule has 114 valence electrons. The minimum atomic E-state index is -0.488. The zero-order valence-corrected chi connectivity index (χ0v) is 13.1. The van der Waals surface area contributed by atoms with Crippen LogP contribution in [0.3, 0.4) is 0 Å². The van der Waals surface area contributed by atoms with Gasteiger partial charge in [-0.3, -0.25) is 4.79 Å². The Bertz CT molecular complexity index is 398. The molecule has 0 radical (unpaired) electrons. The molecule has 2 unspecified atom stereocenters. The van der Waals surface area contributed by atoms with Crippen LogP contribution < -0.4 is 0 Å². The summed E-state index contributed by atoms with van der Waals surface area (Å²) in [5.41, 5.74) is -0.946. The molecule has 4 saturated carbocycles. The van der Waals surface area contributed by atoms with E-state index >= 15 is 0 Å². The second-order valence-corrected chi connectivity index (χ2v) is 8.20. The lowest BCUT2D eigenvalue weighted by atomic mass is 9.44. The third-order valence-electron chi connectivity index (χ3n) is 6.13. The molecule has 0 aromatic rings. The molecule has 0 amide bonds. The number of ether oxygens (including phenoxy) is 1. The van der Waals surface area contributed by atoms with E-state index in [0.717, 1.165) is 38.5 Å². The molecular formula is C17H28O3. The van der Waals surface area contributed by atoms with Gasteiger partial charge < -0.3 is 9.84 Å². The Hall–Kier alpha value is -0.570. The van der Waals surface area contributed by atoms with Crippen LogP contribution >= 0.6 is 0 Å². The van der Waals surface area contributed by atoms with E-state index in [1.807, 2.05) is 6.92 Å². The number of hydrogen-bond donors (Lipinski definition) is 1. The summed E-state index contributed by atoms with van der Waals surface area (Å²) in [5.74, 6) is 1.18. The molecule has 2 atom stereocenters. The zero-order chi connectivity index (χ0) is 14.6. The van der Waals surface area contributed by atoms with Crippen LogP contribution in [0.1, 0.15) is 72.1 Å². The van der Waals surface area contributed by atoms with Crippen LogP contribution in [0.25, 0.3) is 0 Å². The summed E-state index contributed by atoms with van der Waals surface area (Å²) in [6.45, 7) is 6.13. The topological polar surface area (TPSA) is 46.5 Å². The molecule has 4 rings (SSSR count). The lowest BCUT2D eigenvalue weighted by Gasteiger charge is -2.64. The molecule has 4 aliphatic rings. The van der Waals surface area contributed by atoms with Crippen molar-refractivity contribution in [3.05, 3.63) is 0 Å². The van der Waals surface area contributed by atoms with Crippen molar-refractivity contribution in [3.63, 3.8) is 0 Å². The minimum absolute atomic E-state index is 0.00473. The maximum Gasteiger partial charge on any atom is 0.306 e. The zero-order valence-electron chi connectivity index (χ0n) is 13.1. The third-order valence-corrected chi connectivity index (χ3v) is 6.13. The predicted molar refractivity (Wildman–Crippen MR) is 77.1 cm³/mol. The first-order chi connectivity index (χ1) is 9.28. The van der Waals surface area contributed by atoms with Crippen molar-refractivity contribution in [2.24, 2.45) is 17.3 Å².